The zero-order valence-corrected chi connectivity index (χ0v) is 10.2. The summed E-state index contributed by atoms with van der Waals surface area (Å²) >= 11 is 1.78. The quantitative estimate of drug-likeness (QED) is 0.859. The molecule has 2 heteroatoms. The molecule has 1 nitrogen and oxygen atoms in total. The Kier molecular flexibility index (Phi) is 2.49. The molecule has 1 aliphatic rings. The SMILES string of the molecule is CC1CC1C(O)Cc1csc2ccccc12. The first-order valence-corrected chi connectivity index (χ1v) is 6.77. The van der Waals surface area contributed by atoms with Crippen molar-refractivity contribution < 1.29 is 5.11 Å². The summed E-state index contributed by atoms with van der Waals surface area (Å²) in [7, 11) is 0. The van der Waals surface area contributed by atoms with Crippen LogP contribution in [0.4, 0.5) is 0 Å². The highest BCUT2D eigenvalue weighted by atomic mass is 32.1. The molecule has 84 valence electrons. The highest BCUT2D eigenvalue weighted by molar-refractivity contribution is 7.17. The van der Waals surface area contributed by atoms with Gasteiger partial charge in [0.25, 0.3) is 0 Å². The smallest absolute Gasteiger partial charge is 0.0611 e. The molecule has 16 heavy (non-hydrogen) atoms. The van der Waals surface area contributed by atoms with E-state index in [4.69, 9.17) is 0 Å². The van der Waals surface area contributed by atoms with Crippen molar-refractivity contribution >= 4 is 21.4 Å². The minimum atomic E-state index is -0.145. The Balaban J connectivity index is 1.83. The van der Waals surface area contributed by atoms with Crippen LogP contribution in [0, 0.1) is 11.8 Å². The number of benzene rings is 1. The fourth-order valence-electron chi connectivity index (χ4n) is 2.45. The molecule has 1 saturated carbocycles. The molecule has 3 unspecified atom stereocenters. The third kappa shape index (κ3) is 1.76. The predicted molar refractivity (Wildman–Crippen MR) is 68.8 cm³/mol. The molecule has 0 amide bonds. The zero-order chi connectivity index (χ0) is 11.1. The van der Waals surface area contributed by atoms with E-state index >= 15 is 0 Å². The highest BCUT2D eigenvalue weighted by Gasteiger charge is 2.38. The van der Waals surface area contributed by atoms with Crippen molar-refractivity contribution in [2.24, 2.45) is 11.8 Å². The van der Waals surface area contributed by atoms with E-state index in [2.05, 4.69) is 36.6 Å². The second kappa shape index (κ2) is 3.86. The zero-order valence-electron chi connectivity index (χ0n) is 9.39. The van der Waals surface area contributed by atoms with E-state index in [0.29, 0.717) is 5.92 Å². The van der Waals surface area contributed by atoms with E-state index < -0.39 is 0 Å². The minimum absolute atomic E-state index is 0.145. The van der Waals surface area contributed by atoms with Crippen molar-refractivity contribution in [2.75, 3.05) is 0 Å². The van der Waals surface area contributed by atoms with Crippen molar-refractivity contribution in [2.45, 2.75) is 25.9 Å². The summed E-state index contributed by atoms with van der Waals surface area (Å²) in [5, 5.41) is 13.6. The number of fused-ring (bicyclic) bond motifs is 1. The second-order valence-electron chi connectivity index (χ2n) is 4.91. The normalized spacial score (nSPS) is 25.9. The molecule has 1 N–H and O–H groups in total. The van der Waals surface area contributed by atoms with Gasteiger partial charge in [-0.25, -0.2) is 0 Å². The summed E-state index contributed by atoms with van der Waals surface area (Å²) in [5.74, 6) is 1.26. The molecule has 1 heterocycles. The Labute approximate surface area is 99.7 Å². The second-order valence-corrected chi connectivity index (χ2v) is 5.82. The monoisotopic (exact) mass is 232 g/mol. The van der Waals surface area contributed by atoms with Crippen molar-refractivity contribution in [1.29, 1.82) is 0 Å². The molecule has 0 aliphatic heterocycles. The average molecular weight is 232 g/mol. The van der Waals surface area contributed by atoms with Gasteiger partial charge >= 0.3 is 0 Å². The summed E-state index contributed by atoms with van der Waals surface area (Å²) in [6.07, 6.45) is 1.87. The highest BCUT2D eigenvalue weighted by Crippen LogP contribution is 2.42. The Morgan fingerprint density at radius 3 is 2.94 bits per heavy atom. The molecule has 0 radical (unpaired) electrons. The van der Waals surface area contributed by atoms with E-state index in [9.17, 15) is 5.11 Å². The Morgan fingerprint density at radius 2 is 2.19 bits per heavy atom. The van der Waals surface area contributed by atoms with E-state index in [1.165, 1.54) is 22.1 Å². The van der Waals surface area contributed by atoms with Gasteiger partial charge in [0.15, 0.2) is 0 Å². The number of aliphatic hydroxyl groups is 1. The van der Waals surface area contributed by atoms with Gasteiger partial charge in [0.05, 0.1) is 6.10 Å². The number of rotatable bonds is 3. The van der Waals surface area contributed by atoms with Crippen molar-refractivity contribution in [3.8, 4) is 0 Å². The van der Waals surface area contributed by atoms with E-state index in [1.54, 1.807) is 11.3 Å². The fourth-order valence-corrected chi connectivity index (χ4v) is 3.43. The lowest BCUT2D eigenvalue weighted by atomic mass is 10.0. The van der Waals surface area contributed by atoms with Gasteiger partial charge in [-0.2, -0.15) is 0 Å². The molecular weight excluding hydrogens is 216 g/mol. The Morgan fingerprint density at radius 1 is 1.44 bits per heavy atom. The summed E-state index contributed by atoms with van der Waals surface area (Å²) in [6.45, 7) is 2.22. The van der Waals surface area contributed by atoms with Crippen LogP contribution in [-0.2, 0) is 6.42 Å². The van der Waals surface area contributed by atoms with Crippen LogP contribution in [0.25, 0.3) is 10.1 Å². The van der Waals surface area contributed by atoms with Gasteiger partial charge in [-0.15, -0.1) is 11.3 Å². The molecule has 1 aromatic heterocycles. The average Bonchev–Trinajstić information content (AvgIpc) is 2.89. The van der Waals surface area contributed by atoms with Gasteiger partial charge < -0.3 is 5.11 Å². The number of hydrogen-bond acceptors (Lipinski definition) is 2. The topological polar surface area (TPSA) is 20.2 Å². The van der Waals surface area contributed by atoms with Crippen LogP contribution in [0.5, 0.6) is 0 Å². The maximum Gasteiger partial charge on any atom is 0.0611 e. The van der Waals surface area contributed by atoms with Gasteiger partial charge in [-0.1, -0.05) is 25.1 Å². The van der Waals surface area contributed by atoms with E-state index in [0.717, 1.165) is 12.3 Å². The summed E-state index contributed by atoms with van der Waals surface area (Å²) in [6, 6.07) is 8.45. The summed E-state index contributed by atoms with van der Waals surface area (Å²) in [5.41, 5.74) is 1.31. The van der Waals surface area contributed by atoms with E-state index in [1.807, 2.05) is 0 Å². The van der Waals surface area contributed by atoms with Crippen molar-refractivity contribution in [3.05, 3.63) is 35.2 Å². The van der Waals surface area contributed by atoms with Gasteiger partial charge in [-0.05, 0) is 40.7 Å². The van der Waals surface area contributed by atoms with Gasteiger partial charge in [-0.3, -0.25) is 0 Å². The number of thiophene rings is 1. The molecule has 1 aromatic carbocycles. The molecule has 2 aromatic rings. The van der Waals surface area contributed by atoms with Crippen LogP contribution >= 0.6 is 11.3 Å². The minimum Gasteiger partial charge on any atom is -0.392 e. The van der Waals surface area contributed by atoms with Crippen molar-refractivity contribution in [3.63, 3.8) is 0 Å². The first-order chi connectivity index (χ1) is 7.75. The lowest BCUT2D eigenvalue weighted by Gasteiger charge is -2.08. The molecular formula is C14H16OS. The van der Waals surface area contributed by atoms with Gasteiger partial charge in [0.2, 0.25) is 0 Å². The molecule has 0 spiro atoms. The third-order valence-electron chi connectivity index (χ3n) is 3.66. The maximum atomic E-state index is 10.1. The summed E-state index contributed by atoms with van der Waals surface area (Å²) in [4.78, 5) is 0. The third-order valence-corrected chi connectivity index (χ3v) is 4.67. The molecule has 0 saturated heterocycles. The first-order valence-electron chi connectivity index (χ1n) is 5.89. The fraction of sp³-hybridized carbons (Fsp3) is 0.429. The first kappa shape index (κ1) is 10.3. The van der Waals surface area contributed by atoms with Crippen LogP contribution in [0.2, 0.25) is 0 Å². The largest absolute Gasteiger partial charge is 0.392 e. The van der Waals surface area contributed by atoms with E-state index in [-0.39, 0.29) is 6.10 Å². The number of hydrogen-bond donors (Lipinski definition) is 1. The standard InChI is InChI=1S/C14H16OS/c1-9-6-12(9)13(15)7-10-8-16-14-5-3-2-4-11(10)14/h2-5,8-9,12-13,15H,6-7H2,1H3. The van der Waals surface area contributed by atoms with Crippen LogP contribution in [0.15, 0.2) is 29.6 Å². The molecule has 0 bridgehead atoms. The van der Waals surface area contributed by atoms with Crippen LogP contribution in [-0.4, -0.2) is 11.2 Å². The van der Waals surface area contributed by atoms with Crippen LogP contribution in [0.1, 0.15) is 18.9 Å². The van der Waals surface area contributed by atoms with Crippen LogP contribution in [0.3, 0.4) is 0 Å². The van der Waals surface area contributed by atoms with Crippen LogP contribution < -0.4 is 0 Å². The lowest BCUT2D eigenvalue weighted by Crippen LogP contribution is -2.13. The molecule has 3 atom stereocenters. The Bertz CT molecular complexity index is 502. The van der Waals surface area contributed by atoms with Gasteiger partial charge in [0, 0.05) is 11.1 Å². The molecule has 3 rings (SSSR count). The maximum absolute atomic E-state index is 10.1. The lowest BCUT2D eigenvalue weighted by molar-refractivity contribution is 0.146. The van der Waals surface area contributed by atoms with Crippen molar-refractivity contribution in [1.82, 2.24) is 0 Å². The molecule has 1 fully saturated rings. The Hall–Kier alpha value is -0.860. The molecule has 1 aliphatic carbocycles. The van der Waals surface area contributed by atoms with Gasteiger partial charge in [0.1, 0.15) is 0 Å². The summed E-state index contributed by atoms with van der Waals surface area (Å²) < 4.78 is 1.33. The number of aliphatic hydroxyl groups excluding tert-OH is 1. The predicted octanol–water partition coefficient (Wildman–Crippen LogP) is 3.46.